The maximum atomic E-state index is 11.0. The lowest BCUT2D eigenvalue weighted by atomic mass is 9.88. The van der Waals surface area contributed by atoms with Crippen LogP contribution in [0.15, 0.2) is 48.5 Å². The third-order valence-electron chi connectivity index (χ3n) is 4.08. The van der Waals surface area contributed by atoms with Crippen molar-refractivity contribution in [3.8, 4) is 11.5 Å². The number of nitrogens with zero attached hydrogens (tertiary/aromatic N) is 1. The van der Waals surface area contributed by atoms with E-state index in [-0.39, 0.29) is 18.3 Å². The minimum atomic E-state index is -0.601. The van der Waals surface area contributed by atoms with Crippen molar-refractivity contribution >= 4 is 0 Å². The Kier molecular flexibility index (Phi) is 6.49. The Morgan fingerprint density at radius 3 is 2.29 bits per heavy atom. The van der Waals surface area contributed by atoms with Crippen LogP contribution in [0, 0.1) is 0 Å². The minimum absolute atomic E-state index is 0. The molecule has 130 valence electrons. The summed E-state index contributed by atoms with van der Waals surface area (Å²) >= 11 is 0. The van der Waals surface area contributed by atoms with Crippen molar-refractivity contribution in [2.24, 2.45) is 0 Å². The topological polar surface area (TPSA) is 41.9 Å². The van der Waals surface area contributed by atoms with Crippen molar-refractivity contribution in [3.63, 3.8) is 0 Å². The quantitative estimate of drug-likeness (QED) is 0.815. The molecule has 1 aliphatic rings. The second-order valence-corrected chi connectivity index (χ2v) is 6.13. The molecule has 0 bridgehead atoms. The van der Waals surface area contributed by atoms with Crippen LogP contribution in [-0.4, -0.2) is 43.9 Å². The number of rotatable bonds is 5. The lowest BCUT2D eigenvalue weighted by Gasteiger charge is -2.28. The molecule has 4 nitrogen and oxygen atoms in total. The molecule has 1 N–H and O–H groups in total. The third kappa shape index (κ3) is 4.20. The zero-order valence-electron chi connectivity index (χ0n) is 14.0. The summed E-state index contributed by atoms with van der Waals surface area (Å²) < 4.78 is 11.2. The van der Waals surface area contributed by atoms with Gasteiger partial charge < -0.3 is 31.9 Å². The van der Waals surface area contributed by atoms with Gasteiger partial charge in [0, 0.05) is 12.5 Å². The van der Waals surface area contributed by atoms with Crippen LogP contribution in [-0.2, 0) is 0 Å². The Morgan fingerprint density at radius 2 is 1.62 bits per heavy atom. The van der Waals surface area contributed by atoms with Crippen LogP contribution in [0.4, 0.5) is 0 Å². The average molecular weight is 349 g/mol. The van der Waals surface area contributed by atoms with Crippen molar-refractivity contribution in [3.05, 3.63) is 59.7 Å². The fourth-order valence-corrected chi connectivity index (χ4v) is 2.96. The number of aliphatic hydroxyl groups excluding tert-OH is 1. The maximum absolute atomic E-state index is 11.0. The van der Waals surface area contributed by atoms with Crippen LogP contribution >= 0.6 is 0 Å². The minimum Gasteiger partial charge on any atom is -1.00 e. The number of halogens is 1. The van der Waals surface area contributed by atoms with Gasteiger partial charge >= 0.3 is 0 Å². The van der Waals surface area contributed by atoms with E-state index in [1.165, 1.54) is 0 Å². The van der Waals surface area contributed by atoms with Gasteiger partial charge in [-0.05, 0) is 37.4 Å². The van der Waals surface area contributed by atoms with Crippen molar-refractivity contribution in [1.29, 1.82) is 0 Å². The highest BCUT2D eigenvalue weighted by atomic mass is 35.5. The molecule has 2 atom stereocenters. The van der Waals surface area contributed by atoms with E-state index in [9.17, 15) is 5.11 Å². The van der Waals surface area contributed by atoms with E-state index in [0.29, 0.717) is 19.0 Å². The van der Waals surface area contributed by atoms with E-state index in [0.717, 1.165) is 23.4 Å². The number of likely N-dealkylation sites (N-methyl/N-ethyl adjacent to an activating group) is 1. The van der Waals surface area contributed by atoms with Crippen LogP contribution in [0.3, 0.4) is 0 Å². The van der Waals surface area contributed by atoms with Crippen molar-refractivity contribution in [2.45, 2.75) is 12.0 Å². The van der Waals surface area contributed by atoms with Crippen LogP contribution in [0.2, 0.25) is 0 Å². The first-order chi connectivity index (χ1) is 11.1. The van der Waals surface area contributed by atoms with Crippen LogP contribution in [0.25, 0.3) is 0 Å². The highest BCUT2D eigenvalue weighted by Gasteiger charge is 2.25. The van der Waals surface area contributed by atoms with Crippen molar-refractivity contribution < 1.29 is 27.0 Å². The van der Waals surface area contributed by atoms with Gasteiger partial charge in [0.25, 0.3) is 0 Å². The Balaban J connectivity index is 0.00000208. The number of hydrogen-bond donors (Lipinski definition) is 1. The zero-order valence-corrected chi connectivity index (χ0v) is 14.7. The molecular weight excluding hydrogens is 326 g/mol. The first-order valence-corrected chi connectivity index (χ1v) is 7.92. The van der Waals surface area contributed by atoms with Crippen LogP contribution < -0.4 is 21.9 Å². The molecule has 0 aromatic heterocycles. The molecule has 0 saturated carbocycles. The van der Waals surface area contributed by atoms with E-state index < -0.39 is 6.10 Å². The Hall–Kier alpha value is -1.75. The van der Waals surface area contributed by atoms with Crippen LogP contribution in [0.1, 0.15) is 23.1 Å². The number of ether oxygens (including phenoxy) is 2. The molecule has 2 unspecified atom stereocenters. The predicted molar refractivity (Wildman–Crippen MR) is 90.1 cm³/mol. The summed E-state index contributed by atoms with van der Waals surface area (Å²) in [6.07, 6.45) is -0.601. The van der Waals surface area contributed by atoms with Gasteiger partial charge in [-0.3, -0.25) is 0 Å². The van der Waals surface area contributed by atoms with Gasteiger partial charge in [-0.2, -0.15) is 0 Å². The van der Waals surface area contributed by atoms with E-state index >= 15 is 0 Å². The molecule has 1 aliphatic heterocycles. The fourth-order valence-electron chi connectivity index (χ4n) is 2.96. The monoisotopic (exact) mass is 348 g/mol. The Morgan fingerprint density at radius 1 is 0.958 bits per heavy atom. The molecule has 0 fully saturated rings. The smallest absolute Gasteiger partial charge is 0.161 e. The molecule has 0 amide bonds. The summed E-state index contributed by atoms with van der Waals surface area (Å²) in [4.78, 5) is 2.10. The van der Waals surface area contributed by atoms with Crippen molar-refractivity contribution in [1.82, 2.24) is 4.90 Å². The Labute approximate surface area is 149 Å². The molecule has 24 heavy (non-hydrogen) atoms. The zero-order chi connectivity index (χ0) is 16.2. The molecule has 3 rings (SSSR count). The average Bonchev–Trinajstić information content (AvgIpc) is 2.59. The second-order valence-electron chi connectivity index (χ2n) is 6.13. The molecule has 0 spiro atoms. The molecule has 2 aromatic rings. The maximum Gasteiger partial charge on any atom is 0.161 e. The fraction of sp³-hybridized carbons (Fsp3) is 0.368. The normalized spacial score (nSPS) is 15.5. The first-order valence-electron chi connectivity index (χ1n) is 7.92. The van der Waals surface area contributed by atoms with Gasteiger partial charge in [0.05, 0.1) is 6.10 Å². The predicted octanol–water partition coefficient (Wildman–Crippen LogP) is -0.159. The molecule has 1 heterocycles. The van der Waals surface area contributed by atoms with Gasteiger partial charge in [0.15, 0.2) is 11.5 Å². The molecule has 0 aliphatic carbocycles. The number of hydrogen-bond acceptors (Lipinski definition) is 4. The Bertz CT molecular complexity index is 648. The van der Waals surface area contributed by atoms with E-state index in [1.54, 1.807) is 0 Å². The second kappa shape index (κ2) is 8.38. The van der Waals surface area contributed by atoms with Crippen LogP contribution in [0.5, 0.6) is 11.5 Å². The van der Waals surface area contributed by atoms with Gasteiger partial charge in [0.2, 0.25) is 0 Å². The van der Waals surface area contributed by atoms with E-state index in [2.05, 4.69) is 17.0 Å². The summed E-state index contributed by atoms with van der Waals surface area (Å²) in [6, 6.07) is 15.8. The van der Waals surface area contributed by atoms with E-state index in [4.69, 9.17) is 9.47 Å². The summed E-state index contributed by atoms with van der Waals surface area (Å²) in [5.41, 5.74) is 1.98. The van der Waals surface area contributed by atoms with Gasteiger partial charge in [0.1, 0.15) is 13.2 Å². The number of aliphatic hydroxyl groups is 1. The molecule has 0 radical (unpaired) electrons. The molecule has 0 saturated heterocycles. The van der Waals surface area contributed by atoms with E-state index in [1.807, 2.05) is 50.5 Å². The highest BCUT2D eigenvalue weighted by Crippen LogP contribution is 2.37. The van der Waals surface area contributed by atoms with Crippen molar-refractivity contribution in [2.75, 3.05) is 33.9 Å². The van der Waals surface area contributed by atoms with Gasteiger partial charge in [-0.25, -0.2) is 0 Å². The molecule has 5 heteroatoms. The summed E-state index contributed by atoms with van der Waals surface area (Å²) in [5, 5.41) is 11.0. The van der Waals surface area contributed by atoms with Gasteiger partial charge in [-0.1, -0.05) is 36.4 Å². The molecule has 2 aromatic carbocycles. The SMILES string of the molecule is CN(C)CC(c1ccccc1)C(O)c1ccc2c(c1)OCCO2.[Cl-]. The standard InChI is InChI=1S/C19H23NO3.ClH/c1-20(2)13-16(14-6-4-3-5-7-14)19(21)15-8-9-17-18(12-15)23-11-10-22-17;/h3-9,12,16,19,21H,10-11,13H2,1-2H3;1H/p-1. The number of fused-ring (bicyclic) bond motifs is 1. The first kappa shape index (κ1) is 18.6. The molecular formula is C19H23ClNO3-. The lowest BCUT2D eigenvalue weighted by molar-refractivity contribution is -0.00000701. The summed E-state index contributed by atoms with van der Waals surface area (Å²) in [5.74, 6) is 1.45. The third-order valence-corrected chi connectivity index (χ3v) is 4.08. The largest absolute Gasteiger partial charge is 1.00 e. The highest BCUT2D eigenvalue weighted by molar-refractivity contribution is 5.45. The lowest BCUT2D eigenvalue weighted by Crippen LogP contribution is -3.00. The summed E-state index contributed by atoms with van der Waals surface area (Å²) in [6.45, 7) is 1.88. The van der Waals surface area contributed by atoms with Gasteiger partial charge in [-0.15, -0.1) is 0 Å². The summed E-state index contributed by atoms with van der Waals surface area (Å²) in [7, 11) is 4.04. The number of benzene rings is 2.